The molecule has 0 radical (unpaired) electrons. The molecule has 0 rings (SSSR count). The number of amides is 2. The molecule has 0 saturated carbocycles. The highest BCUT2D eigenvalue weighted by atomic mass is 16.4. The summed E-state index contributed by atoms with van der Waals surface area (Å²) in [4.78, 5) is 34.3. The van der Waals surface area contributed by atoms with E-state index in [1.54, 1.807) is 0 Å². The monoisotopic (exact) mass is 398 g/mol. The van der Waals surface area contributed by atoms with E-state index in [-0.39, 0.29) is 24.7 Å². The first kappa shape index (κ1) is 26.4. The zero-order valence-corrected chi connectivity index (χ0v) is 18.1. The third-order valence-electron chi connectivity index (χ3n) is 5.08. The van der Waals surface area contributed by atoms with Gasteiger partial charge in [0.05, 0.1) is 0 Å². The number of rotatable bonds is 19. The standard InChI is InChI=1S/C22H42N2O4/c1-3-4-5-6-7-8-9-10-11-12-13-14-15-16-21(26)24-19(22(27)28)17-18-20(25)23-2/h19H,3-18H2,1-2H3,(H,23,25)(H,24,26)(H,27,28)/t19-/m0/s1. The highest BCUT2D eigenvalue weighted by molar-refractivity contribution is 5.84. The summed E-state index contributed by atoms with van der Waals surface area (Å²) in [6.45, 7) is 2.24. The zero-order valence-electron chi connectivity index (χ0n) is 18.1. The Kier molecular flexibility index (Phi) is 17.7. The number of hydrogen-bond donors (Lipinski definition) is 3. The molecule has 164 valence electrons. The fourth-order valence-electron chi connectivity index (χ4n) is 3.23. The SMILES string of the molecule is CCCCCCCCCCCCCCCC(=O)N[C@@H](CCC(=O)NC)C(=O)O. The van der Waals surface area contributed by atoms with E-state index in [2.05, 4.69) is 17.6 Å². The Labute approximate surface area is 171 Å². The Bertz CT molecular complexity index is 427. The fraction of sp³-hybridized carbons (Fsp3) is 0.864. The summed E-state index contributed by atoms with van der Waals surface area (Å²) in [5.41, 5.74) is 0. The Hall–Kier alpha value is -1.59. The van der Waals surface area contributed by atoms with Crippen LogP contribution in [0.15, 0.2) is 0 Å². The van der Waals surface area contributed by atoms with Gasteiger partial charge in [0.25, 0.3) is 0 Å². The molecule has 0 aliphatic carbocycles. The molecule has 0 aromatic carbocycles. The minimum Gasteiger partial charge on any atom is -0.480 e. The van der Waals surface area contributed by atoms with Crippen molar-refractivity contribution in [1.29, 1.82) is 0 Å². The van der Waals surface area contributed by atoms with Gasteiger partial charge in [-0.2, -0.15) is 0 Å². The van der Waals surface area contributed by atoms with Gasteiger partial charge in [-0.15, -0.1) is 0 Å². The van der Waals surface area contributed by atoms with Crippen molar-refractivity contribution in [3.05, 3.63) is 0 Å². The van der Waals surface area contributed by atoms with Crippen molar-refractivity contribution in [1.82, 2.24) is 10.6 Å². The summed E-state index contributed by atoms with van der Waals surface area (Å²) in [5.74, 6) is -1.56. The van der Waals surface area contributed by atoms with Crippen LogP contribution >= 0.6 is 0 Å². The van der Waals surface area contributed by atoms with Gasteiger partial charge in [0, 0.05) is 19.9 Å². The number of hydrogen-bond acceptors (Lipinski definition) is 3. The largest absolute Gasteiger partial charge is 0.480 e. The molecule has 1 atom stereocenters. The van der Waals surface area contributed by atoms with Crippen LogP contribution in [0.25, 0.3) is 0 Å². The van der Waals surface area contributed by atoms with Crippen molar-refractivity contribution in [2.75, 3.05) is 7.05 Å². The first-order valence-electron chi connectivity index (χ1n) is 11.2. The first-order valence-corrected chi connectivity index (χ1v) is 11.2. The third kappa shape index (κ3) is 16.6. The number of nitrogens with one attached hydrogen (secondary N) is 2. The number of carboxylic acids is 1. The average Bonchev–Trinajstić information content (AvgIpc) is 2.68. The van der Waals surface area contributed by atoms with Gasteiger partial charge in [-0.1, -0.05) is 84.0 Å². The number of carbonyl (C=O) groups excluding carboxylic acids is 2. The van der Waals surface area contributed by atoms with E-state index in [9.17, 15) is 14.4 Å². The second kappa shape index (κ2) is 18.8. The maximum Gasteiger partial charge on any atom is 0.326 e. The molecule has 0 spiro atoms. The average molecular weight is 399 g/mol. The van der Waals surface area contributed by atoms with Crippen molar-refractivity contribution in [3.8, 4) is 0 Å². The van der Waals surface area contributed by atoms with Crippen molar-refractivity contribution in [2.24, 2.45) is 0 Å². The van der Waals surface area contributed by atoms with Gasteiger partial charge in [-0.25, -0.2) is 4.79 Å². The van der Waals surface area contributed by atoms with Crippen LogP contribution in [-0.4, -0.2) is 36.0 Å². The van der Waals surface area contributed by atoms with Crippen LogP contribution in [0.3, 0.4) is 0 Å². The smallest absolute Gasteiger partial charge is 0.326 e. The first-order chi connectivity index (χ1) is 13.5. The molecule has 6 heteroatoms. The number of carbonyl (C=O) groups is 3. The molecule has 0 aromatic rings. The van der Waals surface area contributed by atoms with Crippen LogP contribution < -0.4 is 10.6 Å². The molecule has 2 amide bonds. The maximum atomic E-state index is 11.9. The van der Waals surface area contributed by atoms with Crippen molar-refractivity contribution >= 4 is 17.8 Å². The van der Waals surface area contributed by atoms with Crippen LogP contribution in [0.4, 0.5) is 0 Å². The Morgan fingerprint density at radius 1 is 0.714 bits per heavy atom. The van der Waals surface area contributed by atoms with Gasteiger partial charge in [-0.3, -0.25) is 9.59 Å². The van der Waals surface area contributed by atoms with Gasteiger partial charge in [0.15, 0.2) is 0 Å². The summed E-state index contributed by atoms with van der Waals surface area (Å²) < 4.78 is 0. The number of unbranched alkanes of at least 4 members (excludes halogenated alkanes) is 12. The minimum absolute atomic E-state index is 0.0898. The lowest BCUT2D eigenvalue weighted by Crippen LogP contribution is -2.41. The van der Waals surface area contributed by atoms with E-state index in [1.165, 1.54) is 71.3 Å². The Morgan fingerprint density at radius 2 is 1.18 bits per heavy atom. The molecule has 0 saturated heterocycles. The van der Waals surface area contributed by atoms with E-state index in [4.69, 9.17) is 5.11 Å². The number of aliphatic carboxylic acids is 1. The highest BCUT2D eigenvalue weighted by Gasteiger charge is 2.20. The molecular weight excluding hydrogens is 356 g/mol. The lowest BCUT2D eigenvalue weighted by molar-refractivity contribution is -0.142. The van der Waals surface area contributed by atoms with Crippen molar-refractivity contribution < 1.29 is 19.5 Å². The highest BCUT2D eigenvalue weighted by Crippen LogP contribution is 2.13. The molecule has 0 unspecified atom stereocenters. The summed E-state index contributed by atoms with van der Waals surface area (Å²) in [7, 11) is 1.51. The van der Waals surface area contributed by atoms with Crippen LogP contribution in [0.2, 0.25) is 0 Å². The predicted molar refractivity (Wildman–Crippen MR) is 113 cm³/mol. The zero-order chi connectivity index (χ0) is 21.0. The second-order valence-corrected chi connectivity index (χ2v) is 7.66. The van der Waals surface area contributed by atoms with Gasteiger partial charge in [0.2, 0.25) is 11.8 Å². The van der Waals surface area contributed by atoms with Crippen LogP contribution in [0.1, 0.15) is 110 Å². The fourth-order valence-corrected chi connectivity index (χ4v) is 3.23. The molecular formula is C22H42N2O4. The summed E-state index contributed by atoms with van der Waals surface area (Å²) in [6, 6.07) is -0.994. The second-order valence-electron chi connectivity index (χ2n) is 7.66. The van der Waals surface area contributed by atoms with E-state index >= 15 is 0 Å². The van der Waals surface area contributed by atoms with Crippen LogP contribution in [0.5, 0.6) is 0 Å². The third-order valence-corrected chi connectivity index (χ3v) is 5.08. The van der Waals surface area contributed by atoms with E-state index < -0.39 is 12.0 Å². The van der Waals surface area contributed by atoms with Gasteiger partial charge >= 0.3 is 5.97 Å². The van der Waals surface area contributed by atoms with E-state index in [1.807, 2.05) is 0 Å². The summed E-state index contributed by atoms with van der Waals surface area (Å²) >= 11 is 0. The normalized spacial score (nSPS) is 11.8. The maximum absolute atomic E-state index is 11.9. The number of carboxylic acid groups (broad SMARTS) is 1. The lowest BCUT2D eigenvalue weighted by atomic mass is 10.0. The molecule has 0 bridgehead atoms. The Balaban J connectivity index is 3.57. The quantitative estimate of drug-likeness (QED) is 0.278. The molecule has 28 heavy (non-hydrogen) atoms. The molecule has 0 aliphatic heterocycles. The van der Waals surface area contributed by atoms with Gasteiger partial charge in [-0.05, 0) is 12.8 Å². The summed E-state index contributed by atoms with van der Waals surface area (Å²) in [6.07, 6.45) is 16.7. The van der Waals surface area contributed by atoms with E-state index in [0.29, 0.717) is 6.42 Å². The predicted octanol–water partition coefficient (Wildman–Crippen LogP) is 4.56. The molecule has 0 fully saturated rings. The lowest BCUT2D eigenvalue weighted by Gasteiger charge is -2.14. The minimum atomic E-state index is -1.09. The van der Waals surface area contributed by atoms with Crippen molar-refractivity contribution in [3.63, 3.8) is 0 Å². The Morgan fingerprint density at radius 3 is 1.61 bits per heavy atom. The van der Waals surface area contributed by atoms with Crippen LogP contribution in [0, 0.1) is 0 Å². The molecule has 0 aromatic heterocycles. The molecule has 6 nitrogen and oxygen atoms in total. The molecule has 0 heterocycles. The molecule has 3 N–H and O–H groups in total. The summed E-state index contributed by atoms with van der Waals surface area (Å²) in [5, 5.41) is 14.1. The van der Waals surface area contributed by atoms with E-state index in [0.717, 1.165) is 19.3 Å². The van der Waals surface area contributed by atoms with Gasteiger partial charge < -0.3 is 15.7 Å². The van der Waals surface area contributed by atoms with Crippen molar-refractivity contribution in [2.45, 2.75) is 116 Å². The van der Waals surface area contributed by atoms with Gasteiger partial charge in [0.1, 0.15) is 6.04 Å². The topological polar surface area (TPSA) is 95.5 Å². The molecule has 0 aliphatic rings. The van der Waals surface area contributed by atoms with Crippen LogP contribution in [-0.2, 0) is 14.4 Å².